The minimum Gasteiger partial charge on any atom is -0.465 e. The van der Waals surface area contributed by atoms with Gasteiger partial charge < -0.3 is 14.4 Å². The van der Waals surface area contributed by atoms with Crippen molar-refractivity contribution in [2.75, 3.05) is 26.7 Å². The van der Waals surface area contributed by atoms with Crippen molar-refractivity contribution in [2.24, 2.45) is 0 Å². The summed E-state index contributed by atoms with van der Waals surface area (Å²) in [5.41, 5.74) is 1.06. The second kappa shape index (κ2) is 8.39. The summed E-state index contributed by atoms with van der Waals surface area (Å²) < 4.78 is 11.2. The lowest BCUT2D eigenvalue weighted by molar-refractivity contribution is 0.00455. The van der Waals surface area contributed by atoms with Crippen LogP contribution in [0.5, 0.6) is 0 Å². The van der Waals surface area contributed by atoms with Gasteiger partial charge in [-0.15, -0.1) is 0 Å². The minimum atomic E-state index is -0.489. The number of hydrogen-bond acceptors (Lipinski definition) is 5. The fraction of sp³-hybridized carbons (Fsp3) is 0.579. The van der Waals surface area contributed by atoms with Crippen LogP contribution in [0.4, 0.5) is 4.79 Å². The Morgan fingerprint density at radius 2 is 1.96 bits per heavy atom. The molecule has 1 aromatic carbocycles. The number of halogens is 1. The maximum Gasteiger partial charge on any atom is 0.410 e. The molecule has 0 N–H and O–H groups in total. The molecule has 144 valence electrons. The van der Waals surface area contributed by atoms with Crippen molar-refractivity contribution < 1.29 is 19.1 Å². The number of benzene rings is 1. The van der Waals surface area contributed by atoms with Crippen LogP contribution in [0.3, 0.4) is 0 Å². The highest BCUT2D eigenvalue weighted by Crippen LogP contribution is 2.23. The summed E-state index contributed by atoms with van der Waals surface area (Å²) in [4.78, 5) is 28.1. The van der Waals surface area contributed by atoms with Gasteiger partial charge in [0.2, 0.25) is 0 Å². The predicted octanol–water partition coefficient (Wildman–Crippen LogP) is 3.68. The van der Waals surface area contributed by atoms with Gasteiger partial charge in [0, 0.05) is 36.7 Å². The van der Waals surface area contributed by atoms with Gasteiger partial charge in [0.1, 0.15) is 5.60 Å². The van der Waals surface area contributed by atoms with E-state index in [0.29, 0.717) is 25.2 Å². The molecular formula is C19H27BrN2O4. The number of amides is 1. The number of rotatable bonds is 3. The van der Waals surface area contributed by atoms with Gasteiger partial charge in [-0.25, -0.2) is 9.59 Å². The number of piperazine rings is 1. The highest BCUT2D eigenvalue weighted by molar-refractivity contribution is 9.10. The SMILES string of the molecule is COC(=O)c1ccc(Br)c(CN2CCN(C(=O)OC(C)(C)C)CC2C)c1. The van der Waals surface area contributed by atoms with Crippen LogP contribution in [0.25, 0.3) is 0 Å². The Labute approximate surface area is 163 Å². The van der Waals surface area contributed by atoms with Crippen molar-refractivity contribution in [1.82, 2.24) is 9.80 Å². The van der Waals surface area contributed by atoms with Crippen LogP contribution in [-0.4, -0.2) is 60.2 Å². The minimum absolute atomic E-state index is 0.185. The largest absolute Gasteiger partial charge is 0.465 e. The van der Waals surface area contributed by atoms with Crippen molar-refractivity contribution >= 4 is 28.0 Å². The summed E-state index contributed by atoms with van der Waals surface area (Å²) in [6, 6.07) is 5.64. The third-order valence-electron chi connectivity index (χ3n) is 4.26. The molecular weight excluding hydrogens is 400 g/mol. The first kappa shape index (κ1) is 20.7. The Balaban J connectivity index is 2.02. The van der Waals surface area contributed by atoms with E-state index >= 15 is 0 Å². The first-order chi connectivity index (χ1) is 12.1. The van der Waals surface area contributed by atoms with Crippen molar-refractivity contribution in [3.63, 3.8) is 0 Å². The normalized spacial score (nSPS) is 18.5. The maximum absolute atomic E-state index is 12.3. The summed E-state index contributed by atoms with van der Waals surface area (Å²) in [5.74, 6) is -0.346. The van der Waals surface area contributed by atoms with Crippen molar-refractivity contribution in [1.29, 1.82) is 0 Å². The molecule has 1 fully saturated rings. The van der Waals surface area contributed by atoms with Gasteiger partial charge in [0.05, 0.1) is 12.7 Å². The molecule has 1 saturated heterocycles. The Morgan fingerprint density at radius 3 is 2.54 bits per heavy atom. The van der Waals surface area contributed by atoms with E-state index in [1.54, 1.807) is 11.0 Å². The Morgan fingerprint density at radius 1 is 1.27 bits per heavy atom. The molecule has 1 heterocycles. The molecule has 0 aromatic heterocycles. The molecule has 0 bridgehead atoms. The number of esters is 1. The van der Waals surface area contributed by atoms with E-state index < -0.39 is 5.60 Å². The first-order valence-corrected chi connectivity index (χ1v) is 9.48. The molecule has 2 rings (SSSR count). The quantitative estimate of drug-likeness (QED) is 0.689. The first-order valence-electron chi connectivity index (χ1n) is 8.69. The molecule has 26 heavy (non-hydrogen) atoms. The van der Waals surface area contributed by atoms with Crippen molar-refractivity contribution in [3.8, 4) is 0 Å². The monoisotopic (exact) mass is 426 g/mol. The van der Waals surface area contributed by atoms with Crippen LogP contribution in [0, 0.1) is 0 Å². The standard InChI is InChI=1S/C19H27BrN2O4/c1-13-11-22(18(24)26-19(2,3)4)9-8-21(13)12-15-10-14(17(23)25-5)6-7-16(15)20/h6-7,10,13H,8-9,11-12H2,1-5H3. The zero-order chi connectivity index (χ0) is 19.5. The Bertz CT molecular complexity index is 672. The third kappa shape index (κ3) is 5.45. The number of carbonyl (C=O) groups excluding carboxylic acids is 2. The number of ether oxygens (including phenoxy) is 2. The average molecular weight is 427 g/mol. The van der Waals surface area contributed by atoms with E-state index in [4.69, 9.17) is 9.47 Å². The van der Waals surface area contributed by atoms with Gasteiger partial charge in [0.25, 0.3) is 0 Å². The number of methoxy groups -OCH3 is 1. The van der Waals surface area contributed by atoms with Crippen molar-refractivity contribution in [3.05, 3.63) is 33.8 Å². The fourth-order valence-electron chi connectivity index (χ4n) is 2.88. The molecule has 1 aromatic rings. The van der Waals surface area contributed by atoms with E-state index in [1.165, 1.54) is 7.11 Å². The molecule has 1 atom stereocenters. The summed E-state index contributed by atoms with van der Waals surface area (Å²) in [7, 11) is 1.38. The van der Waals surface area contributed by atoms with Crippen molar-refractivity contribution in [2.45, 2.75) is 45.9 Å². The Kier molecular flexibility index (Phi) is 6.69. The van der Waals surface area contributed by atoms with Gasteiger partial charge in [-0.05, 0) is 51.5 Å². The average Bonchev–Trinajstić information content (AvgIpc) is 2.56. The van der Waals surface area contributed by atoms with Crippen LogP contribution < -0.4 is 0 Å². The highest BCUT2D eigenvalue weighted by atomic mass is 79.9. The molecule has 1 unspecified atom stereocenters. The molecule has 1 aliphatic rings. The van der Waals surface area contributed by atoms with Crippen LogP contribution >= 0.6 is 15.9 Å². The third-order valence-corrected chi connectivity index (χ3v) is 5.03. The van der Waals surface area contributed by atoms with Gasteiger partial charge >= 0.3 is 12.1 Å². The number of carbonyl (C=O) groups is 2. The van der Waals surface area contributed by atoms with E-state index in [2.05, 4.69) is 27.8 Å². The topological polar surface area (TPSA) is 59.1 Å². The smallest absolute Gasteiger partial charge is 0.410 e. The second-order valence-electron chi connectivity index (χ2n) is 7.54. The second-order valence-corrected chi connectivity index (χ2v) is 8.40. The molecule has 0 aliphatic carbocycles. The molecule has 0 saturated carbocycles. The van der Waals surface area contributed by atoms with Gasteiger partial charge in [-0.1, -0.05) is 15.9 Å². The van der Waals surface area contributed by atoms with E-state index in [0.717, 1.165) is 16.6 Å². The van der Waals surface area contributed by atoms with Crippen LogP contribution in [-0.2, 0) is 16.0 Å². The van der Waals surface area contributed by atoms with E-state index in [9.17, 15) is 9.59 Å². The molecule has 1 amide bonds. The number of nitrogens with zero attached hydrogens (tertiary/aromatic N) is 2. The van der Waals surface area contributed by atoms with Gasteiger partial charge in [-0.3, -0.25) is 4.90 Å². The summed E-state index contributed by atoms with van der Waals surface area (Å²) in [5, 5.41) is 0. The van der Waals surface area contributed by atoms with Crippen LogP contribution in [0.2, 0.25) is 0 Å². The van der Waals surface area contributed by atoms with Gasteiger partial charge in [0.15, 0.2) is 0 Å². The lowest BCUT2D eigenvalue weighted by Gasteiger charge is -2.40. The number of hydrogen-bond donors (Lipinski definition) is 0. The summed E-state index contributed by atoms with van der Waals surface area (Å²) in [6.07, 6.45) is -0.266. The highest BCUT2D eigenvalue weighted by Gasteiger charge is 2.30. The Hall–Kier alpha value is -1.60. The molecule has 0 spiro atoms. The zero-order valence-corrected chi connectivity index (χ0v) is 17.6. The van der Waals surface area contributed by atoms with E-state index in [-0.39, 0.29) is 18.1 Å². The molecule has 6 nitrogen and oxygen atoms in total. The fourth-order valence-corrected chi connectivity index (χ4v) is 3.25. The zero-order valence-electron chi connectivity index (χ0n) is 16.0. The van der Waals surface area contributed by atoms with Crippen LogP contribution in [0.1, 0.15) is 43.6 Å². The lowest BCUT2D eigenvalue weighted by Crippen LogP contribution is -2.54. The lowest BCUT2D eigenvalue weighted by atomic mass is 10.1. The molecule has 1 aliphatic heterocycles. The summed E-state index contributed by atoms with van der Waals surface area (Å²) >= 11 is 3.55. The molecule has 7 heteroatoms. The summed E-state index contributed by atoms with van der Waals surface area (Å²) in [6.45, 7) is 10.4. The molecule has 0 radical (unpaired) electrons. The van der Waals surface area contributed by atoms with Gasteiger partial charge in [-0.2, -0.15) is 0 Å². The predicted molar refractivity (Wildman–Crippen MR) is 103 cm³/mol. The van der Waals surface area contributed by atoms with Crippen LogP contribution in [0.15, 0.2) is 22.7 Å². The van der Waals surface area contributed by atoms with E-state index in [1.807, 2.05) is 32.9 Å². The maximum atomic E-state index is 12.3.